The molecule has 0 aliphatic rings. The lowest BCUT2D eigenvalue weighted by molar-refractivity contribution is -0.118. The molecule has 0 fully saturated rings. The number of carbonyl (C=O) groups is 3. The van der Waals surface area contributed by atoms with E-state index in [1.807, 2.05) is 19.1 Å². The number of hydrogen-bond donors (Lipinski definition) is 3. The SMILES string of the molecule is CCc1nn(C(C(=O)Nc2ccccc2C)C(=O)c2ccc(O)cc2)c(CC)c1C(=O)O. The summed E-state index contributed by atoms with van der Waals surface area (Å²) in [5.74, 6) is -2.36. The van der Waals surface area contributed by atoms with Gasteiger partial charge in [-0.1, -0.05) is 32.0 Å². The highest BCUT2D eigenvalue weighted by Crippen LogP contribution is 2.26. The number of carboxylic acid groups (broad SMARTS) is 1. The number of nitrogens with zero attached hydrogens (tertiary/aromatic N) is 2. The molecule has 32 heavy (non-hydrogen) atoms. The Labute approximate surface area is 185 Å². The van der Waals surface area contributed by atoms with Crippen LogP contribution in [0.5, 0.6) is 5.75 Å². The number of aromatic hydroxyl groups is 1. The van der Waals surface area contributed by atoms with Crippen LogP contribution in [-0.4, -0.2) is 37.7 Å². The number of nitrogens with one attached hydrogen (secondary N) is 1. The van der Waals surface area contributed by atoms with Crippen LogP contribution in [0.15, 0.2) is 48.5 Å². The van der Waals surface area contributed by atoms with Gasteiger partial charge >= 0.3 is 5.97 Å². The number of carboxylic acids is 1. The zero-order valence-corrected chi connectivity index (χ0v) is 18.1. The van der Waals surface area contributed by atoms with Crippen molar-refractivity contribution < 1.29 is 24.6 Å². The van der Waals surface area contributed by atoms with Crippen LogP contribution < -0.4 is 5.32 Å². The van der Waals surface area contributed by atoms with Crippen LogP contribution in [0.2, 0.25) is 0 Å². The van der Waals surface area contributed by atoms with Crippen molar-refractivity contribution in [3.05, 3.63) is 76.6 Å². The summed E-state index contributed by atoms with van der Waals surface area (Å²) in [4.78, 5) is 38.8. The molecule has 3 rings (SSSR count). The van der Waals surface area contributed by atoms with E-state index in [0.29, 0.717) is 23.5 Å². The third kappa shape index (κ3) is 4.39. The van der Waals surface area contributed by atoms with Crippen LogP contribution in [-0.2, 0) is 17.6 Å². The number of carbonyl (C=O) groups excluding carboxylic acids is 2. The largest absolute Gasteiger partial charge is 0.508 e. The summed E-state index contributed by atoms with van der Waals surface area (Å²) in [6.45, 7) is 5.35. The number of hydrogen-bond acceptors (Lipinski definition) is 5. The molecule has 1 aromatic heterocycles. The Balaban J connectivity index is 2.15. The lowest BCUT2D eigenvalue weighted by atomic mass is 10.0. The van der Waals surface area contributed by atoms with Gasteiger partial charge in [-0.3, -0.25) is 9.59 Å². The third-order valence-electron chi connectivity index (χ3n) is 5.26. The molecule has 166 valence electrons. The van der Waals surface area contributed by atoms with E-state index >= 15 is 0 Å². The first-order chi connectivity index (χ1) is 15.3. The lowest BCUT2D eigenvalue weighted by Crippen LogP contribution is -2.34. The van der Waals surface area contributed by atoms with Gasteiger partial charge in [0.25, 0.3) is 5.91 Å². The predicted octanol–water partition coefficient (Wildman–Crippen LogP) is 3.78. The molecule has 3 aromatic rings. The number of phenolic OH excluding ortho intramolecular Hbond substituents is 1. The molecule has 1 atom stereocenters. The van der Waals surface area contributed by atoms with Gasteiger partial charge in [0, 0.05) is 11.3 Å². The van der Waals surface area contributed by atoms with Crippen LogP contribution in [0.25, 0.3) is 0 Å². The maximum Gasteiger partial charge on any atom is 0.339 e. The smallest absolute Gasteiger partial charge is 0.339 e. The molecule has 0 bridgehead atoms. The van der Waals surface area contributed by atoms with Gasteiger partial charge < -0.3 is 15.5 Å². The number of aryl methyl sites for hydroxylation is 2. The summed E-state index contributed by atoms with van der Waals surface area (Å²) in [7, 11) is 0. The Morgan fingerprint density at radius 1 is 1.03 bits per heavy atom. The van der Waals surface area contributed by atoms with E-state index in [-0.39, 0.29) is 23.3 Å². The molecule has 8 nitrogen and oxygen atoms in total. The van der Waals surface area contributed by atoms with Crippen molar-refractivity contribution in [2.75, 3.05) is 5.32 Å². The quantitative estimate of drug-likeness (QED) is 0.366. The highest BCUT2D eigenvalue weighted by molar-refractivity contribution is 6.15. The molecular weight excluding hydrogens is 410 g/mol. The number of phenols is 1. The van der Waals surface area contributed by atoms with Crippen LogP contribution in [0.4, 0.5) is 5.69 Å². The maximum absolute atomic E-state index is 13.5. The van der Waals surface area contributed by atoms with E-state index < -0.39 is 23.7 Å². The van der Waals surface area contributed by atoms with Crippen molar-refractivity contribution >= 4 is 23.3 Å². The van der Waals surface area contributed by atoms with E-state index in [0.717, 1.165) is 5.56 Å². The van der Waals surface area contributed by atoms with Crippen molar-refractivity contribution in [3.8, 4) is 5.75 Å². The van der Waals surface area contributed by atoms with Crippen molar-refractivity contribution in [2.24, 2.45) is 0 Å². The highest BCUT2D eigenvalue weighted by atomic mass is 16.4. The fourth-order valence-electron chi connectivity index (χ4n) is 3.61. The number of anilines is 1. The molecule has 0 radical (unpaired) electrons. The van der Waals surface area contributed by atoms with E-state index in [2.05, 4.69) is 10.4 Å². The molecule has 0 saturated heterocycles. The average molecular weight is 435 g/mol. The second-order valence-electron chi connectivity index (χ2n) is 7.34. The van der Waals surface area contributed by atoms with E-state index in [1.165, 1.54) is 28.9 Å². The third-order valence-corrected chi connectivity index (χ3v) is 5.26. The fraction of sp³-hybridized carbons (Fsp3) is 0.250. The van der Waals surface area contributed by atoms with E-state index in [1.54, 1.807) is 26.0 Å². The normalized spacial score (nSPS) is 11.7. The van der Waals surface area contributed by atoms with Crippen molar-refractivity contribution in [1.29, 1.82) is 0 Å². The summed E-state index contributed by atoms with van der Waals surface area (Å²) in [5.41, 5.74) is 2.17. The van der Waals surface area contributed by atoms with Gasteiger partial charge in [0.2, 0.25) is 0 Å². The van der Waals surface area contributed by atoms with Crippen molar-refractivity contribution in [3.63, 3.8) is 0 Å². The molecule has 0 aliphatic heterocycles. The Morgan fingerprint density at radius 2 is 1.69 bits per heavy atom. The highest BCUT2D eigenvalue weighted by Gasteiger charge is 2.35. The number of aromatic carboxylic acids is 1. The molecule has 1 amide bonds. The number of Topliss-reactive ketones (excluding diaryl/α,β-unsaturated/α-hetero) is 1. The van der Waals surface area contributed by atoms with Gasteiger partial charge in [-0.2, -0.15) is 5.10 Å². The number of para-hydroxylation sites is 1. The fourth-order valence-corrected chi connectivity index (χ4v) is 3.61. The Morgan fingerprint density at radius 3 is 2.25 bits per heavy atom. The molecule has 3 N–H and O–H groups in total. The summed E-state index contributed by atoms with van der Waals surface area (Å²) >= 11 is 0. The monoisotopic (exact) mass is 435 g/mol. The topological polar surface area (TPSA) is 122 Å². The van der Waals surface area contributed by atoms with Crippen LogP contribution in [0.1, 0.15) is 57.6 Å². The van der Waals surface area contributed by atoms with Crippen LogP contribution in [0, 0.1) is 6.92 Å². The molecule has 0 aliphatic carbocycles. The number of amides is 1. The molecule has 1 unspecified atom stereocenters. The number of benzene rings is 2. The van der Waals surface area contributed by atoms with E-state index in [4.69, 9.17) is 0 Å². The molecule has 2 aromatic carbocycles. The number of aromatic nitrogens is 2. The average Bonchev–Trinajstić information content (AvgIpc) is 3.14. The van der Waals surface area contributed by atoms with Crippen LogP contribution in [0.3, 0.4) is 0 Å². The van der Waals surface area contributed by atoms with Crippen LogP contribution >= 0.6 is 0 Å². The minimum absolute atomic E-state index is 0.0159. The molecular formula is C24H25N3O5. The lowest BCUT2D eigenvalue weighted by Gasteiger charge is -2.19. The zero-order valence-electron chi connectivity index (χ0n) is 18.1. The second-order valence-corrected chi connectivity index (χ2v) is 7.34. The first kappa shape index (κ1) is 22.7. The Bertz CT molecular complexity index is 1160. The van der Waals surface area contributed by atoms with Crippen molar-refractivity contribution in [2.45, 2.75) is 39.7 Å². The summed E-state index contributed by atoms with van der Waals surface area (Å²) < 4.78 is 1.23. The van der Waals surface area contributed by atoms with Gasteiger partial charge in [-0.25, -0.2) is 9.48 Å². The number of ketones is 1. The molecule has 0 spiro atoms. The standard InChI is InChI=1S/C24H25N3O5/c1-4-17-20(24(31)32)19(5-2)27(26-17)21(22(29)15-10-12-16(28)13-11-15)23(30)25-18-9-7-6-8-14(18)3/h6-13,21,28H,4-5H2,1-3H3,(H,25,30)(H,31,32). The van der Waals surface area contributed by atoms with E-state index in [9.17, 15) is 24.6 Å². The first-order valence-electron chi connectivity index (χ1n) is 10.3. The summed E-state index contributed by atoms with van der Waals surface area (Å²) in [6.07, 6.45) is 0.604. The van der Waals surface area contributed by atoms with Gasteiger partial charge in [-0.05, 0) is 55.7 Å². The molecule has 1 heterocycles. The van der Waals surface area contributed by atoms with Gasteiger partial charge in [0.1, 0.15) is 11.3 Å². The van der Waals surface area contributed by atoms with Crippen molar-refractivity contribution in [1.82, 2.24) is 9.78 Å². The van der Waals surface area contributed by atoms with Gasteiger partial charge in [0.15, 0.2) is 11.8 Å². The van der Waals surface area contributed by atoms with Gasteiger partial charge in [0.05, 0.1) is 11.4 Å². The minimum atomic E-state index is -1.42. The summed E-state index contributed by atoms with van der Waals surface area (Å²) in [6, 6.07) is 11.3. The first-order valence-corrected chi connectivity index (χ1v) is 10.3. The minimum Gasteiger partial charge on any atom is -0.508 e. The molecule has 8 heteroatoms. The second kappa shape index (κ2) is 9.47. The Kier molecular flexibility index (Phi) is 6.73. The zero-order chi connectivity index (χ0) is 23.4. The summed E-state index contributed by atoms with van der Waals surface area (Å²) in [5, 5.41) is 26.5. The number of rotatable bonds is 8. The Hall–Kier alpha value is -3.94. The predicted molar refractivity (Wildman–Crippen MR) is 119 cm³/mol. The van der Waals surface area contributed by atoms with Gasteiger partial charge in [-0.15, -0.1) is 0 Å². The molecule has 0 saturated carbocycles. The maximum atomic E-state index is 13.5.